The molecule has 0 aliphatic carbocycles. The highest BCUT2D eigenvalue weighted by Gasteiger charge is 2.39. The molecule has 0 saturated carbocycles. The predicted octanol–water partition coefficient (Wildman–Crippen LogP) is 4.82. The third kappa shape index (κ3) is 4.95. The van der Waals surface area contributed by atoms with Gasteiger partial charge >= 0.3 is 0 Å². The van der Waals surface area contributed by atoms with Crippen molar-refractivity contribution in [2.24, 2.45) is 0 Å². The Labute approximate surface area is 193 Å². The van der Waals surface area contributed by atoms with Gasteiger partial charge in [0.25, 0.3) is 11.8 Å². The van der Waals surface area contributed by atoms with E-state index in [2.05, 4.69) is 17.2 Å². The van der Waals surface area contributed by atoms with Crippen LogP contribution in [0.5, 0.6) is 5.75 Å². The van der Waals surface area contributed by atoms with Crippen LogP contribution in [0.2, 0.25) is 0 Å². The summed E-state index contributed by atoms with van der Waals surface area (Å²) in [5.74, 6) is 0.0281. The van der Waals surface area contributed by atoms with Crippen molar-refractivity contribution in [2.45, 2.75) is 39.8 Å². The fourth-order valence-electron chi connectivity index (χ4n) is 3.71. The van der Waals surface area contributed by atoms with Gasteiger partial charge in [0.1, 0.15) is 11.4 Å². The molecular formula is C27H27N3O3. The largest absolute Gasteiger partial charge is 0.491 e. The van der Waals surface area contributed by atoms with E-state index < -0.39 is 0 Å². The van der Waals surface area contributed by atoms with Crippen LogP contribution >= 0.6 is 0 Å². The van der Waals surface area contributed by atoms with Crippen LogP contribution in [-0.2, 0) is 22.6 Å². The Bertz CT molecular complexity index is 1170. The molecule has 1 N–H and O–H groups in total. The Morgan fingerprint density at radius 2 is 1.55 bits per heavy atom. The molecule has 6 nitrogen and oxygen atoms in total. The number of anilines is 1. The summed E-state index contributed by atoms with van der Waals surface area (Å²) in [5, 5.41) is 3.21. The van der Waals surface area contributed by atoms with Crippen LogP contribution in [0, 0.1) is 0 Å². The number of nitrogens with zero attached hydrogens (tertiary/aromatic N) is 2. The van der Waals surface area contributed by atoms with Crippen LogP contribution in [0.3, 0.4) is 0 Å². The SMILES string of the molecule is CCc1ccc(NC2=C(c3ccc(OC(C)C)cc3)C(=O)N(Cc3ccncc3)C2=O)cc1. The van der Waals surface area contributed by atoms with Crippen molar-refractivity contribution in [1.29, 1.82) is 0 Å². The van der Waals surface area contributed by atoms with Crippen molar-refractivity contribution in [3.8, 4) is 5.75 Å². The van der Waals surface area contributed by atoms with Gasteiger partial charge in [0, 0.05) is 18.1 Å². The Kier molecular flexibility index (Phi) is 6.54. The van der Waals surface area contributed by atoms with Crippen molar-refractivity contribution in [2.75, 3.05) is 5.32 Å². The summed E-state index contributed by atoms with van der Waals surface area (Å²) in [5.41, 5.74) is 4.07. The van der Waals surface area contributed by atoms with Crippen molar-refractivity contribution in [3.63, 3.8) is 0 Å². The number of rotatable bonds is 8. The number of aryl methyl sites for hydroxylation is 1. The maximum atomic E-state index is 13.4. The molecule has 0 unspecified atom stereocenters. The number of aromatic nitrogens is 1. The summed E-state index contributed by atoms with van der Waals surface area (Å²) in [6.45, 7) is 6.18. The Morgan fingerprint density at radius 1 is 0.879 bits per heavy atom. The number of amides is 2. The number of hydrogen-bond donors (Lipinski definition) is 1. The van der Waals surface area contributed by atoms with Crippen molar-refractivity contribution < 1.29 is 14.3 Å². The molecule has 0 saturated heterocycles. The van der Waals surface area contributed by atoms with Gasteiger partial charge in [-0.15, -0.1) is 0 Å². The average molecular weight is 442 g/mol. The molecule has 1 aliphatic rings. The summed E-state index contributed by atoms with van der Waals surface area (Å²) >= 11 is 0. The van der Waals surface area contributed by atoms with Gasteiger partial charge in [0.05, 0.1) is 18.2 Å². The zero-order valence-electron chi connectivity index (χ0n) is 19.0. The lowest BCUT2D eigenvalue weighted by molar-refractivity contribution is -0.137. The van der Waals surface area contributed by atoms with Gasteiger partial charge < -0.3 is 10.1 Å². The van der Waals surface area contributed by atoms with E-state index in [4.69, 9.17) is 4.74 Å². The zero-order valence-corrected chi connectivity index (χ0v) is 19.0. The lowest BCUT2D eigenvalue weighted by atomic mass is 10.0. The van der Waals surface area contributed by atoms with Gasteiger partial charge in [0.15, 0.2) is 0 Å². The number of benzene rings is 2. The Hall–Kier alpha value is -3.93. The number of hydrogen-bond acceptors (Lipinski definition) is 5. The second kappa shape index (κ2) is 9.69. The molecule has 2 amide bonds. The minimum Gasteiger partial charge on any atom is -0.491 e. The van der Waals surface area contributed by atoms with Gasteiger partial charge in [-0.05, 0) is 73.4 Å². The van der Waals surface area contributed by atoms with Crippen molar-refractivity contribution >= 4 is 23.1 Å². The van der Waals surface area contributed by atoms with Gasteiger partial charge in [-0.25, -0.2) is 0 Å². The molecule has 2 aromatic carbocycles. The number of imide groups is 1. The molecule has 2 heterocycles. The highest BCUT2D eigenvalue weighted by Crippen LogP contribution is 2.32. The Balaban J connectivity index is 1.70. The molecule has 3 aromatic rings. The fraction of sp³-hybridized carbons (Fsp3) is 0.222. The molecule has 0 spiro atoms. The van der Waals surface area contributed by atoms with E-state index in [1.165, 1.54) is 10.5 Å². The van der Waals surface area contributed by atoms with Crippen LogP contribution in [0.4, 0.5) is 5.69 Å². The second-order valence-corrected chi connectivity index (χ2v) is 8.17. The number of pyridine rings is 1. The molecule has 1 aliphatic heterocycles. The third-order valence-corrected chi connectivity index (χ3v) is 5.40. The minimum atomic E-state index is -0.353. The molecule has 0 radical (unpaired) electrons. The first-order valence-corrected chi connectivity index (χ1v) is 11.1. The summed E-state index contributed by atoms with van der Waals surface area (Å²) in [7, 11) is 0. The first-order valence-electron chi connectivity index (χ1n) is 11.1. The maximum Gasteiger partial charge on any atom is 0.278 e. The summed E-state index contributed by atoms with van der Waals surface area (Å²) in [4.78, 5) is 32.1. The van der Waals surface area contributed by atoms with Crippen LogP contribution in [0.25, 0.3) is 5.57 Å². The smallest absolute Gasteiger partial charge is 0.278 e. The summed E-state index contributed by atoms with van der Waals surface area (Å²) in [6.07, 6.45) is 4.27. The van der Waals surface area contributed by atoms with Gasteiger partial charge in [0.2, 0.25) is 0 Å². The fourth-order valence-corrected chi connectivity index (χ4v) is 3.71. The molecule has 6 heteroatoms. The Morgan fingerprint density at radius 3 is 2.15 bits per heavy atom. The normalized spacial score (nSPS) is 13.8. The van der Waals surface area contributed by atoms with Gasteiger partial charge in [-0.3, -0.25) is 19.5 Å². The van der Waals surface area contributed by atoms with E-state index in [0.29, 0.717) is 16.9 Å². The van der Waals surface area contributed by atoms with Gasteiger partial charge in [-0.2, -0.15) is 0 Å². The van der Waals surface area contributed by atoms with Crippen molar-refractivity contribution in [1.82, 2.24) is 9.88 Å². The van der Waals surface area contributed by atoms with E-state index in [1.807, 2.05) is 62.4 Å². The van der Waals surface area contributed by atoms with E-state index in [1.54, 1.807) is 24.5 Å². The third-order valence-electron chi connectivity index (χ3n) is 5.40. The van der Waals surface area contributed by atoms with E-state index in [0.717, 1.165) is 17.7 Å². The molecule has 33 heavy (non-hydrogen) atoms. The zero-order chi connectivity index (χ0) is 23.4. The molecule has 1 aromatic heterocycles. The molecular weight excluding hydrogens is 414 g/mol. The van der Waals surface area contributed by atoms with E-state index >= 15 is 0 Å². The highest BCUT2D eigenvalue weighted by molar-refractivity contribution is 6.36. The maximum absolute atomic E-state index is 13.4. The number of ether oxygens (including phenoxy) is 1. The molecule has 168 valence electrons. The number of carbonyl (C=O) groups is 2. The first kappa shape index (κ1) is 22.3. The van der Waals surface area contributed by atoms with Crippen LogP contribution in [0.15, 0.2) is 78.8 Å². The lowest BCUT2D eigenvalue weighted by Gasteiger charge is -2.15. The van der Waals surface area contributed by atoms with Crippen molar-refractivity contribution in [3.05, 3.63) is 95.4 Å². The topological polar surface area (TPSA) is 71.5 Å². The molecule has 4 rings (SSSR count). The second-order valence-electron chi connectivity index (χ2n) is 8.17. The molecule has 0 bridgehead atoms. The quantitative estimate of drug-likeness (QED) is 0.507. The van der Waals surface area contributed by atoms with E-state index in [-0.39, 0.29) is 30.2 Å². The number of carbonyl (C=O) groups excluding carboxylic acids is 2. The minimum absolute atomic E-state index is 0.0453. The monoisotopic (exact) mass is 441 g/mol. The molecule has 0 atom stereocenters. The summed E-state index contributed by atoms with van der Waals surface area (Å²) < 4.78 is 5.72. The molecule has 0 fully saturated rings. The standard InChI is InChI=1S/C27H27N3O3/c1-4-19-5-9-22(10-6-19)29-25-24(21-7-11-23(12-8-21)33-18(2)3)26(31)30(27(25)32)17-20-13-15-28-16-14-20/h5-16,18,29H,4,17H2,1-3H3. The van der Waals surface area contributed by atoms with Crippen LogP contribution in [0.1, 0.15) is 37.5 Å². The highest BCUT2D eigenvalue weighted by atomic mass is 16.5. The summed E-state index contributed by atoms with van der Waals surface area (Å²) in [6, 6.07) is 18.7. The van der Waals surface area contributed by atoms with Crippen LogP contribution in [-0.4, -0.2) is 27.8 Å². The lowest BCUT2D eigenvalue weighted by Crippen LogP contribution is -2.32. The van der Waals surface area contributed by atoms with E-state index in [9.17, 15) is 9.59 Å². The predicted molar refractivity (Wildman–Crippen MR) is 128 cm³/mol. The number of nitrogens with one attached hydrogen (secondary N) is 1. The van der Waals surface area contributed by atoms with Crippen LogP contribution < -0.4 is 10.1 Å². The first-order chi connectivity index (χ1) is 16.0. The average Bonchev–Trinajstić information content (AvgIpc) is 3.05. The van der Waals surface area contributed by atoms with Gasteiger partial charge in [-0.1, -0.05) is 31.2 Å².